The summed E-state index contributed by atoms with van der Waals surface area (Å²) in [5.41, 5.74) is 1.69. The zero-order valence-electron chi connectivity index (χ0n) is 24.2. The summed E-state index contributed by atoms with van der Waals surface area (Å²) in [5, 5.41) is 0. The Labute approximate surface area is 222 Å². The van der Waals surface area contributed by atoms with Gasteiger partial charge in [-0.1, -0.05) is 40.5 Å². The highest BCUT2D eigenvalue weighted by atomic mass is 16.7. The second kappa shape index (κ2) is 9.81. The minimum Gasteiger partial charge on any atom is -0.381 e. The van der Waals surface area contributed by atoms with Crippen LogP contribution >= 0.6 is 0 Å². The van der Waals surface area contributed by atoms with Crippen LogP contribution in [0.5, 0.6) is 0 Å². The molecule has 8 unspecified atom stereocenters. The first-order chi connectivity index (χ1) is 17.3. The summed E-state index contributed by atoms with van der Waals surface area (Å²) in [6, 6.07) is 0. The van der Waals surface area contributed by atoms with Crippen molar-refractivity contribution in [3.05, 3.63) is 0 Å². The van der Waals surface area contributed by atoms with E-state index in [1.54, 1.807) is 0 Å². The Morgan fingerprint density at radius 1 is 0.944 bits per heavy atom. The van der Waals surface area contributed by atoms with Crippen molar-refractivity contribution in [1.29, 1.82) is 0 Å². The minimum absolute atomic E-state index is 0.0651. The summed E-state index contributed by atoms with van der Waals surface area (Å²) >= 11 is 0. The molecule has 1 spiro atoms. The van der Waals surface area contributed by atoms with Crippen molar-refractivity contribution in [2.24, 2.45) is 57.7 Å². The molecule has 5 aliphatic carbocycles. The largest absolute Gasteiger partial charge is 0.381 e. The predicted octanol–water partition coefficient (Wildman–Crippen LogP) is 8.26. The van der Waals surface area contributed by atoms with Crippen LogP contribution in [0.25, 0.3) is 0 Å². The molecule has 0 aromatic heterocycles. The summed E-state index contributed by atoms with van der Waals surface area (Å²) < 4.78 is 18.2. The Morgan fingerprint density at radius 3 is 2.56 bits per heavy atom. The monoisotopic (exact) mass is 500 g/mol. The molecule has 6 fully saturated rings. The van der Waals surface area contributed by atoms with Crippen LogP contribution in [0.4, 0.5) is 0 Å². The van der Waals surface area contributed by atoms with E-state index in [1.807, 2.05) is 7.11 Å². The lowest BCUT2D eigenvalue weighted by Crippen LogP contribution is -2.57. The van der Waals surface area contributed by atoms with Crippen LogP contribution in [-0.4, -0.2) is 32.7 Å². The molecule has 36 heavy (non-hydrogen) atoms. The van der Waals surface area contributed by atoms with E-state index in [-0.39, 0.29) is 6.29 Å². The molecule has 6 rings (SSSR count). The lowest BCUT2D eigenvalue weighted by atomic mass is 9.45. The van der Waals surface area contributed by atoms with Gasteiger partial charge in [-0.25, -0.2) is 0 Å². The second-order valence-electron chi connectivity index (χ2n) is 15.1. The third-order valence-corrected chi connectivity index (χ3v) is 13.6. The van der Waals surface area contributed by atoms with Gasteiger partial charge < -0.3 is 14.2 Å². The van der Waals surface area contributed by atoms with Crippen LogP contribution in [0.2, 0.25) is 0 Å². The molecule has 0 radical (unpaired) electrons. The van der Waals surface area contributed by atoms with Gasteiger partial charge in [-0.2, -0.15) is 0 Å². The Morgan fingerprint density at radius 2 is 1.81 bits per heavy atom. The first-order valence-corrected chi connectivity index (χ1v) is 16.1. The maximum absolute atomic E-state index is 6.34. The van der Waals surface area contributed by atoms with Gasteiger partial charge in [0, 0.05) is 19.1 Å². The third-order valence-electron chi connectivity index (χ3n) is 13.6. The lowest BCUT2D eigenvalue weighted by molar-refractivity contribution is -0.168. The second-order valence-corrected chi connectivity index (χ2v) is 15.1. The van der Waals surface area contributed by atoms with E-state index in [9.17, 15) is 0 Å². The molecule has 1 saturated heterocycles. The van der Waals surface area contributed by atoms with Gasteiger partial charge in [0.1, 0.15) is 0 Å². The topological polar surface area (TPSA) is 27.7 Å². The average molecular weight is 501 g/mol. The van der Waals surface area contributed by atoms with Crippen LogP contribution in [0.3, 0.4) is 0 Å². The molecule has 6 aliphatic rings. The highest BCUT2D eigenvalue weighted by Gasteiger charge is 2.77. The minimum atomic E-state index is 0.0651. The molecular formula is C33H56O3. The third kappa shape index (κ3) is 3.98. The molecular weight excluding hydrogens is 444 g/mol. The summed E-state index contributed by atoms with van der Waals surface area (Å²) in [4.78, 5) is 0. The molecule has 12 atom stereocenters. The van der Waals surface area contributed by atoms with E-state index in [2.05, 4.69) is 27.7 Å². The van der Waals surface area contributed by atoms with Crippen LogP contribution in [0.1, 0.15) is 118 Å². The number of rotatable bonds is 9. The van der Waals surface area contributed by atoms with E-state index in [0.29, 0.717) is 28.3 Å². The van der Waals surface area contributed by atoms with Gasteiger partial charge in [0.2, 0.25) is 0 Å². The molecule has 0 aromatic carbocycles. The van der Waals surface area contributed by atoms with Gasteiger partial charge in [-0.3, -0.25) is 0 Å². The van der Waals surface area contributed by atoms with Crippen LogP contribution in [0, 0.1) is 57.7 Å². The number of hydrogen-bond donors (Lipinski definition) is 0. The Hall–Kier alpha value is -0.120. The fourth-order valence-electron chi connectivity index (χ4n) is 11.7. The van der Waals surface area contributed by atoms with E-state index in [4.69, 9.17) is 14.2 Å². The van der Waals surface area contributed by atoms with Crippen LogP contribution < -0.4 is 0 Å². The summed E-state index contributed by atoms with van der Waals surface area (Å²) in [6.45, 7) is 12.2. The van der Waals surface area contributed by atoms with Crippen molar-refractivity contribution >= 4 is 0 Å². The lowest BCUT2D eigenvalue weighted by Gasteiger charge is -2.61. The normalized spacial score (nSPS) is 51.1. The SMILES string of the molecule is COC1CC2C3CCC([C@H](C)CCC[C@H](C)COC4CCCCO4)[C@@]3(C)CCC2[C@@]2(C)CCC3CC312. The molecule has 1 aliphatic heterocycles. The van der Waals surface area contributed by atoms with Crippen molar-refractivity contribution in [2.45, 2.75) is 130 Å². The van der Waals surface area contributed by atoms with Gasteiger partial charge in [-0.15, -0.1) is 0 Å². The fraction of sp³-hybridized carbons (Fsp3) is 1.00. The standard InChI is InChI=1S/C33H56O3/c1-22(21-36-30-11-6-7-18-35-30)9-8-10-23(2)26-12-13-27-25-19-29(34-5)33-20-24(33)14-17-32(33,4)28(25)15-16-31(26,27)3/h22-30H,6-21H2,1-5H3/t22-,23+,24?,25?,26?,27?,28?,29?,30?,31+,32+,33?/m0/s1. The molecule has 3 nitrogen and oxygen atoms in total. The Kier molecular flexibility index (Phi) is 7.12. The van der Waals surface area contributed by atoms with Crippen LogP contribution in [-0.2, 0) is 14.2 Å². The van der Waals surface area contributed by atoms with E-state index < -0.39 is 0 Å². The smallest absolute Gasteiger partial charge is 0.157 e. The molecule has 5 saturated carbocycles. The maximum Gasteiger partial charge on any atom is 0.157 e. The van der Waals surface area contributed by atoms with Crippen LogP contribution in [0.15, 0.2) is 0 Å². The van der Waals surface area contributed by atoms with E-state index in [0.717, 1.165) is 55.1 Å². The summed E-state index contributed by atoms with van der Waals surface area (Å²) in [7, 11) is 2.03. The first kappa shape index (κ1) is 26.1. The molecule has 0 bridgehead atoms. The average Bonchev–Trinajstić information content (AvgIpc) is 3.39. The summed E-state index contributed by atoms with van der Waals surface area (Å²) in [6.07, 6.45) is 20.0. The van der Waals surface area contributed by atoms with Crippen molar-refractivity contribution in [3.63, 3.8) is 0 Å². The van der Waals surface area contributed by atoms with Crippen molar-refractivity contribution in [2.75, 3.05) is 20.3 Å². The maximum atomic E-state index is 6.34. The highest BCUT2D eigenvalue weighted by Crippen LogP contribution is 2.82. The van der Waals surface area contributed by atoms with Crippen molar-refractivity contribution in [1.82, 2.24) is 0 Å². The molecule has 3 heteroatoms. The Balaban J connectivity index is 1.04. The number of ether oxygens (including phenoxy) is 3. The number of methoxy groups -OCH3 is 1. The van der Waals surface area contributed by atoms with Gasteiger partial charge in [0.05, 0.1) is 12.7 Å². The van der Waals surface area contributed by atoms with Crippen molar-refractivity contribution < 1.29 is 14.2 Å². The van der Waals surface area contributed by atoms with E-state index in [1.165, 1.54) is 83.5 Å². The zero-order valence-corrected chi connectivity index (χ0v) is 24.2. The molecule has 0 N–H and O–H groups in total. The molecule has 206 valence electrons. The predicted molar refractivity (Wildman–Crippen MR) is 146 cm³/mol. The quantitative estimate of drug-likeness (QED) is 0.319. The Bertz CT molecular complexity index is 777. The van der Waals surface area contributed by atoms with Gasteiger partial charge in [-0.05, 0) is 129 Å². The van der Waals surface area contributed by atoms with Crippen molar-refractivity contribution in [3.8, 4) is 0 Å². The zero-order chi connectivity index (χ0) is 25.1. The van der Waals surface area contributed by atoms with Gasteiger partial charge in [0.15, 0.2) is 6.29 Å². The van der Waals surface area contributed by atoms with E-state index >= 15 is 0 Å². The number of hydrogen-bond acceptors (Lipinski definition) is 3. The fourth-order valence-corrected chi connectivity index (χ4v) is 11.7. The van der Waals surface area contributed by atoms with Gasteiger partial charge in [0.25, 0.3) is 0 Å². The number of fused-ring (bicyclic) bond motifs is 4. The molecule has 0 amide bonds. The van der Waals surface area contributed by atoms with Gasteiger partial charge >= 0.3 is 0 Å². The molecule has 1 heterocycles. The molecule has 0 aromatic rings. The highest BCUT2D eigenvalue weighted by molar-refractivity contribution is 5.26. The first-order valence-electron chi connectivity index (χ1n) is 16.1. The summed E-state index contributed by atoms with van der Waals surface area (Å²) in [5.74, 6) is 6.24.